The summed E-state index contributed by atoms with van der Waals surface area (Å²) in [6, 6.07) is 0. The molecule has 0 unspecified atom stereocenters. The summed E-state index contributed by atoms with van der Waals surface area (Å²) < 4.78 is 2.03. The van der Waals surface area contributed by atoms with Crippen LogP contribution in [-0.4, -0.2) is 15.3 Å². The minimum absolute atomic E-state index is 0.191. The van der Waals surface area contributed by atoms with Gasteiger partial charge in [-0.25, -0.2) is 4.98 Å². The highest BCUT2D eigenvalue weighted by molar-refractivity contribution is 5.83. The Morgan fingerprint density at radius 1 is 1.38 bits per heavy atom. The molecule has 0 spiro atoms. The molecule has 0 N–H and O–H groups in total. The number of carbonyl (C=O) groups is 1. The van der Waals surface area contributed by atoms with Gasteiger partial charge >= 0.3 is 0 Å². The number of aryl methyl sites for hydroxylation is 2. The molecule has 0 aromatic carbocycles. The Labute approximate surface area is 97.9 Å². The van der Waals surface area contributed by atoms with E-state index in [-0.39, 0.29) is 5.41 Å². The van der Waals surface area contributed by atoms with Gasteiger partial charge in [-0.05, 0) is 12.8 Å². The summed E-state index contributed by atoms with van der Waals surface area (Å²) in [5.41, 5.74) is -0.191. The molecule has 0 aliphatic heterocycles. The van der Waals surface area contributed by atoms with Crippen LogP contribution in [0.5, 0.6) is 0 Å². The molecule has 0 atom stereocenters. The van der Waals surface area contributed by atoms with Crippen molar-refractivity contribution in [3.63, 3.8) is 0 Å². The Bertz CT molecular complexity index is 347. The molecule has 1 aromatic rings. The molecule has 0 fully saturated rings. The first kappa shape index (κ1) is 12.9. The fraction of sp³-hybridized carbons (Fsp3) is 0.692. The Hall–Kier alpha value is -1.12. The van der Waals surface area contributed by atoms with Crippen molar-refractivity contribution in [1.82, 2.24) is 9.55 Å². The fourth-order valence-corrected chi connectivity index (χ4v) is 1.58. The topological polar surface area (TPSA) is 34.9 Å². The molecule has 3 heteroatoms. The van der Waals surface area contributed by atoms with Gasteiger partial charge in [0.2, 0.25) is 0 Å². The minimum atomic E-state index is -0.191. The first-order valence-corrected chi connectivity index (χ1v) is 5.91. The first-order chi connectivity index (χ1) is 7.41. The van der Waals surface area contributed by atoms with Gasteiger partial charge in [0.05, 0.1) is 0 Å². The zero-order valence-corrected chi connectivity index (χ0v) is 10.8. The molecule has 90 valence electrons. The Balaban J connectivity index is 2.23. The van der Waals surface area contributed by atoms with E-state index >= 15 is 0 Å². The van der Waals surface area contributed by atoms with Crippen LogP contribution >= 0.6 is 0 Å². The van der Waals surface area contributed by atoms with Crippen molar-refractivity contribution in [2.24, 2.45) is 12.5 Å². The first-order valence-electron chi connectivity index (χ1n) is 5.91. The van der Waals surface area contributed by atoms with Gasteiger partial charge in [-0.2, -0.15) is 0 Å². The molecule has 1 heterocycles. The standard InChI is InChI=1S/C13H22N2O/c1-13(2,3)11(16)7-5-6-8-12-14-9-10-15(12)4/h9-10H,5-8H2,1-4H3. The molecule has 0 saturated heterocycles. The molecule has 0 amide bonds. The van der Waals surface area contributed by atoms with Crippen LogP contribution in [0.2, 0.25) is 0 Å². The minimum Gasteiger partial charge on any atom is -0.338 e. The lowest BCUT2D eigenvalue weighted by atomic mass is 9.88. The van der Waals surface area contributed by atoms with Crippen molar-refractivity contribution >= 4 is 5.78 Å². The molecule has 0 radical (unpaired) electrons. The number of imidazole rings is 1. The predicted octanol–water partition coefficient (Wildman–Crippen LogP) is 2.75. The van der Waals surface area contributed by atoms with Crippen molar-refractivity contribution in [3.8, 4) is 0 Å². The lowest BCUT2D eigenvalue weighted by Crippen LogP contribution is -2.19. The number of rotatable bonds is 5. The van der Waals surface area contributed by atoms with Gasteiger partial charge in [0.25, 0.3) is 0 Å². The zero-order chi connectivity index (χ0) is 12.2. The zero-order valence-electron chi connectivity index (χ0n) is 10.8. The van der Waals surface area contributed by atoms with Gasteiger partial charge in [0.15, 0.2) is 0 Å². The van der Waals surface area contributed by atoms with Gasteiger partial charge in [0, 0.05) is 37.7 Å². The van der Waals surface area contributed by atoms with Crippen LogP contribution in [0.25, 0.3) is 0 Å². The second-order valence-electron chi connectivity index (χ2n) is 5.33. The molecule has 0 aliphatic carbocycles. The van der Waals surface area contributed by atoms with Crippen LogP contribution in [0.3, 0.4) is 0 Å². The number of hydrogen-bond acceptors (Lipinski definition) is 2. The van der Waals surface area contributed by atoms with E-state index in [9.17, 15) is 4.79 Å². The molecule has 1 aromatic heterocycles. The summed E-state index contributed by atoms with van der Waals surface area (Å²) in [5.74, 6) is 1.45. The molecular formula is C13H22N2O. The molecule has 16 heavy (non-hydrogen) atoms. The lowest BCUT2D eigenvalue weighted by Gasteiger charge is -2.16. The van der Waals surface area contributed by atoms with E-state index in [4.69, 9.17) is 0 Å². The van der Waals surface area contributed by atoms with E-state index < -0.39 is 0 Å². The van der Waals surface area contributed by atoms with E-state index in [2.05, 4.69) is 4.98 Å². The average Bonchev–Trinajstić information content (AvgIpc) is 2.57. The Morgan fingerprint density at radius 2 is 2.06 bits per heavy atom. The Kier molecular flexibility index (Phi) is 4.27. The number of aromatic nitrogens is 2. The van der Waals surface area contributed by atoms with Gasteiger partial charge in [-0.3, -0.25) is 4.79 Å². The number of carbonyl (C=O) groups excluding carboxylic acids is 1. The SMILES string of the molecule is Cn1ccnc1CCCCC(=O)C(C)(C)C. The van der Waals surface area contributed by atoms with Gasteiger partial charge < -0.3 is 4.57 Å². The third-order valence-electron chi connectivity index (χ3n) is 2.81. The average molecular weight is 222 g/mol. The number of nitrogens with zero attached hydrogens (tertiary/aromatic N) is 2. The summed E-state index contributed by atoms with van der Waals surface area (Å²) in [7, 11) is 2.00. The molecule has 1 rings (SSSR count). The normalized spacial score (nSPS) is 11.8. The number of unbranched alkanes of at least 4 members (excludes halogenated alkanes) is 1. The highest BCUT2D eigenvalue weighted by Gasteiger charge is 2.19. The van der Waals surface area contributed by atoms with Gasteiger partial charge in [0.1, 0.15) is 11.6 Å². The smallest absolute Gasteiger partial charge is 0.138 e. The molecule has 0 aliphatic rings. The molecule has 0 bridgehead atoms. The number of ketones is 1. The van der Waals surface area contributed by atoms with Crippen LogP contribution in [-0.2, 0) is 18.3 Å². The van der Waals surface area contributed by atoms with Crippen LogP contribution in [0.1, 0.15) is 45.9 Å². The third kappa shape index (κ3) is 3.80. The van der Waals surface area contributed by atoms with Crippen LogP contribution in [0.15, 0.2) is 12.4 Å². The van der Waals surface area contributed by atoms with Crippen molar-refractivity contribution in [3.05, 3.63) is 18.2 Å². The molecule has 3 nitrogen and oxygen atoms in total. The summed E-state index contributed by atoms with van der Waals surface area (Å²) >= 11 is 0. The molecular weight excluding hydrogens is 200 g/mol. The van der Waals surface area contributed by atoms with Crippen LogP contribution in [0.4, 0.5) is 0 Å². The van der Waals surface area contributed by atoms with E-state index in [1.165, 1.54) is 0 Å². The Morgan fingerprint density at radius 3 is 2.56 bits per heavy atom. The third-order valence-corrected chi connectivity index (χ3v) is 2.81. The second kappa shape index (κ2) is 5.28. The summed E-state index contributed by atoms with van der Waals surface area (Å²) in [4.78, 5) is 15.9. The number of hydrogen-bond donors (Lipinski definition) is 0. The summed E-state index contributed by atoms with van der Waals surface area (Å²) in [6.07, 6.45) is 7.41. The maximum Gasteiger partial charge on any atom is 0.138 e. The van der Waals surface area contributed by atoms with Crippen molar-refractivity contribution in [2.45, 2.75) is 46.5 Å². The highest BCUT2D eigenvalue weighted by atomic mass is 16.1. The second-order valence-corrected chi connectivity index (χ2v) is 5.33. The van der Waals surface area contributed by atoms with Crippen molar-refractivity contribution < 1.29 is 4.79 Å². The predicted molar refractivity (Wildman–Crippen MR) is 65.2 cm³/mol. The quantitative estimate of drug-likeness (QED) is 0.718. The van der Waals surface area contributed by atoms with Gasteiger partial charge in [-0.15, -0.1) is 0 Å². The largest absolute Gasteiger partial charge is 0.338 e. The van der Waals surface area contributed by atoms with Crippen molar-refractivity contribution in [2.75, 3.05) is 0 Å². The maximum atomic E-state index is 11.7. The monoisotopic (exact) mass is 222 g/mol. The van der Waals surface area contributed by atoms with E-state index in [0.29, 0.717) is 12.2 Å². The van der Waals surface area contributed by atoms with Crippen molar-refractivity contribution in [1.29, 1.82) is 0 Å². The summed E-state index contributed by atoms with van der Waals surface area (Å²) in [6.45, 7) is 5.94. The highest BCUT2D eigenvalue weighted by Crippen LogP contribution is 2.18. The van der Waals surface area contributed by atoms with Gasteiger partial charge in [-0.1, -0.05) is 20.8 Å². The lowest BCUT2D eigenvalue weighted by molar-refractivity contribution is -0.126. The van der Waals surface area contributed by atoms with E-state index in [1.54, 1.807) is 0 Å². The molecule has 0 saturated carbocycles. The van der Waals surface area contributed by atoms with Crippen LogP contribution < -0.4 is 0 Å². The summed E-state index contributed by atoms with van der Waals surface area (Å²) in [5, 5.41) is 0. The van der Waals surface area contributed by atoms with E-state index in [0.717, 1.165) is 25.1 Å². The van der Waals surface area contributed by atoms with Crippen LogP contribution in [0, 0.1) is 5.41 Å². The number of Topliss-reactive ketones (excluding diaryl/α,β-unsaturated/α-hetero) is 1. The maximum absolute atomic E-state index is 11.7. The fourth-order valence-electron chi connectivity index (χ4n) is 1.58. The van der Waals surface area contributed by atoms with E-state index in [1.807, 2.05) is 44.8 Å².